The molecule has 0 heterocycles. The molecule has 0 spiro atoms. The monoisotopic (exact) mass is 194 g/mol. The minimum absolute atomic E-state index is 0.0156. The Balaban J connectivity index is 2.23. The summed E-state index contributed by atoms with van der Waals surface area (Å²) in [6.07, 6.45) is 0.637. The van der Waals surface area contributed by atoms with E-state index in [0.29, 0.717) is 6.42 Å². The number of carboxylic acids is 1. The van der Waals surface area contributed by atoms with Crippen molar-refractivity contribution in [2.45, 2.75) is 19.3 Å². The third-order valence-corrected chi connectivity index (χ3v) is 2.60. The lowest BCUT2D eigenvalue weighted by atomic mass is 10.1. The number of benzene rings is 1. The Hall–Kier alpha value is -1.38. The normalized spacial score (nSPS) is 24.7. The van der Waals surface area contributed by atoms with Crippen LogP contribution in [0.15, 0.2) is 18.2 Å². The third kappa shape index (κ3) is 1.62. The van der Waals surface area contributed by atoms with Crippen LogP contribution in [-0.4, -0.2) is 11.1 Å². The van der Waals surface area contributed by atoms with Gasteiger partial charge in [0.25, 0.3) is 0 Å². The average Bonchev–Trinajstić information content (AvgIpc) is 2.79. The molecule has 2 nitrogen and oxygen atoms in total. The number of rotatable bonds is 2. The van der Waals surface area contributed by atoms with Crippen molar-refractivity contribution < 1.29 is 14.3 Å². The van der Waals surface area contributed by atoms with Crippen molar-refractivity contribution in [3.05, 3.63) is 35.1 Å². The second-order valence-corrected chi connectivity index (χ2v) is 3.85. The Morgan fingerprint density at radius 1 is 1.50 bits per heavy atom. The zero-order valence-electron chi connectivity index (χ0n) is 7.83. The predicted molar refractivity (Wildman–Crippen MR) is 49.6 cm³/mol. The van der Waals surface area contributed by atoms with Gasteiger partial charge in [0.2, 0.25) is 0 Å². The number of hydrogen-bond donors (Lipinski definition) is 1. The van der Waals surface area contributed by atoms with Gasteiger partial charge >= 0.3 is 5.97 Å². The molecule has 1 aliphatic carbocycles. The molecule has 0 aromatic heterocycles. The molecule has 74 valence electrons. The molecule has 2 atom stereocenters. The molecule has 3 heteroatoms. The summed E-state index contributed by atoms with van der Waals surface area (Å²) >= 11 is 0. The molecule has 0 bridgehead atoms. The number of carboxylic acid groups (broad SMARTS) is 1. The molecule has 0 aliphatic heterocycles. The lowest BCUT2D eigenvalue weighted by molar-refractivity contribution is -0.138. The topological polar surface area (TPSA) is 37.3 Å². The van der Waals surface area contributed by atoms with Gasteiger partial charge in [0.1, 0.15) is 5.82 Å². The lowest BCUT2D eigenvalue weighted by Gasteiger charge is -2.01. The number of carbonyl (C=O) groups is 1. The standard InChI is InChI=1S/C11H11FO2/c1-6-2-7(4-8(12)3-6)9-5-10(9)11(13)14/h2-4,9-10H,5H2,1H3,(H,13,14)/t9-,10+/m0/s1. The first-order valence-corrected chi connectivity index (χ1v) is 4.58. The van der Waals surface area contributed by atoms with E-state index in [-0.39, 0.29) is 17.7 Å². The highest BCUT2D eigenvalue weighted by Crippen LogP contribution is 2.47. The average molecular weight is 194 g/mol. The molecule has 1 saturated carbocycles. The molecule has 0 unspecified atom stereocenters. The Kier molecular flexibility index (Phi) is 2.02. The fraction of sp³-hybridized carbons (Fsp3) is 0.364. The van der Waals surface area contributed by atoms with Crippen molar-refractivity contribution in [1.29, 1.82) is 0 Å². The summed E-state index contributed by atoms with van der Waals surface area (Å²) in [6, 6.07) is 4.74. The van der Waals surface area contributed by atoms with Crippen LogP contribution in [-0.2, 0) is 4.79 Å². The van der Waals surface area contributed by atoms with Crippen molar-refractivity contribution in [3.8, 4) is 0 Å². The molecule has 0 saturated heterocycles. The fourth-order valence-corrected chi connectivity index (χ4v) is 1.82. The van der Waals surface area contributed by atoms with Crippen molar-refractivity contribution in [3.63, 3.8) is 0 Å². The van der Waals surface area contributed by atoms with E-state index in [9.17, 15) is 9.18 Å². The maximum Gasteiger partial charge on any atom is 0.307 e. The van der Waals surface area contributed by atoms with Gasteiger partial charge in [-0.05, 0) is 42.5 Å². The molecular formula is C11H11FO2. The summed E-state index contributed by atoms with van der Waals surface area (Å²) in [5.74, 6) is -1.36. The number of hydrogen-bond acceptors (Lipinski definition) is 1. The molecule has 1 aromatic rings. The second-order valence-electron chi connectivity index (χ2n) is 3.85. The SMILES string of the molecule is Cc1cc(F)cc([C@@H]2C[C@H]2C(=O)O)c1. The Labute approximate surface area is 81.4 Å². The number of aryl methyl sites for hydroxylation is 1. The Morgan fingerprint density at radius 3 is 2.71 bits per heavy atom. The maximum atomic E-state index is 13.0. The van der Waals surface area contributed by atoms with Gasteiger partial charge in [0.15, 0.2) is 0 Å². The van der Waals surface area contributed by atoms with Crippen LogP contribution in [0.1, 0.15) is 23.5 Å². The zero-order valence-corrected chi connectivity index (χ0v) is 7.83. The smallest absolute Gasteiger partial charge is 0.307 e. The van der Waals surface area contributed by atoms with Crippen LogP contribution < -0.4 is 0 Å². The molecular weight excluding hydrogens is 183 g/mol. The lowest BCUT2D eigenvalue weighted by Crippen LogP contribution is -1.99. The number of halogens is 1. The van der Waals surface area contributed by atoms with Crippen LogP contribution in [0.5, 0.6) is 0 Å². The largest absolute Gasteiger partial charge is 0.481 e. The van der Waals surface area contributed by atoms with Crippen LogP contribution in [0.25, 0.3) is 0 Å². The third-order valence-electron chi connectivity index (χ3n) is 2.60. The van der Waals surface area contributed by atoms with Gasteiger partial charge in [0, 0.05) is 0 Å². The van der Waals surface area contributed by atoms with Crippen molar-refractivity contribution in [1.82, 2.24) is 0 Å². The van der Waals surface area contributed by atoms with Crippen LogP contribution in [0.3, 0.4) is 0 Å². The van der Waals surface area contributed by atoms with Gasteiger partial charge in [-0.3, -0.25) is 4.79 Å². The molecule has 0 radical (unpaired) electrons. The summed E-state index contributed by atoms with van der Waals surface area (Å²) in [5, 5.41) is 8.73. The summed E-state index contributed by atoms with van der Waals surface area (Å²) in [5.41, 5.74) is 1.66. The van der Waals surface area contributed by atoms with Gasteiger partial charge in [-0.2, -0.15) is 0 Å². The molecule has 1 N–H and O–H groups in total. The maximum absolute atomic E-state index is 13.0. The molecule has 1 fully saturated rings. The molecule has 0 amide bonds. The van der Waals surface area contributed by atoms with Gasteiger partial charge < -0.3 is 5.11 Å². The van der Waals surface area contributed by atoms with E-state index in [1.807, 2.05) is 13.0 Å². The van der Waals surface area contributed by atoms with E-state index < -0.39 is 5.97 Å². The highest BCUT2D eigenvalue weighted by Gasteiger charge is 2.44. The molecule has 2 rings (SSSR count). The highest BCUT2D eigenvalue weighted by atomic mass is 19.1. The van der Waals surface area contributed by atoms with E-state index in [0.717, 1.165) is 11.1 Å². The van der Waals surface area contributed by atoms with Crippen molar-refractivity contribution in [2.24, 2.45) is 5.92 Å². The minimum Gasteiger partial charge on any atom is -0.481 e. The fourth-order valence-electron chi connectivity index (χ4n) is 1.82. The van der Waals surface area contributed by atoms with E-state index in [2.05, 4.69) is 0 Å². The van der Waals surface area contributed by atoms with Crippen LogP contribution in [0, 0.1) is 18.7 Å². The Morgan fingerprint density at radius 2 is 2.21 bits per heavy atom. The van der Waals surface area contributed by atoms with Gasteiger partial charge in [-0.1, -0.05) is 6.07 Å². The summed E-state index contributed by atoms with van der Waals surface area (Å²) in [7, 11) is 0. The zero-order chi connectivity index (χ0) is 10.3. The van der Waals surface area contributed by atoms with Crippen molar-refractivity contribution in [2.75, 3.05) is 0 Å². The van der Waals surface area contributed by atoms with E-state index in [4.69, 9.17) is 5.11 Å². The minimum atomic E-state index is -0.781. The van der Waals surface area contributed by atoms with Gasteiger partial charge in [-0.15, -0.1) is 0 Å². The quantitative estimate of drug-likeness (QED) is 0.784. The van der Waals surface area contributed by atoms with Gasteiger partial charge in [-0.25, -0.2) is 4.39 Å². The molecule has 1 aliphatic rings. The molecule has 14 heavy (non-hydrogen) atoms. The number of aliphatic carboxylic acids is 1. The van der Waals surface area contributed by atoms with Crippen molar-refractivity contribution >= 4 is 5.97 Å². The van der Waals surface area contributed by atoms with E-state index >= 15 is 0 Å². The van der Waals surface area contributed by atoms with Crippen LogP contribution in [0.2, 0.25) is 0 Å². The first kappa shape index (κ1) is 9.19. The predicted octanol–water partition coefficient (Wildman–Crippen LogP) is 2.32. The van der Waals surface area contributed by atoms with Crippen LogP contribution >= 0.6 is 0 Å². The van der Waals surface area contributed by atoms with E-state index in [1.165, 1.54) is 12.1 Å². The first-order chi connectivity index (χ1) is 6.58. The molecule has 1 aromatic carbocycles. The first-order valence-electron chi connectivity index (χ1n) is 4.58. The summed E-state index contributed by atoms with van der Waals surface area (Å²) in [6.45, 7) is 1.81. The summed E-state index contributed by atoms with van der Waals surface area (Å²) < 4.78 is 13.0. The summed E-state index contributed by atoms with van der Waals surface area (Å²) in [4.78, 5) is 10.6. The second kappa shape index (κ2) is 3.08. The highest BCUT2D eigenvalue weighted by molar-refractivity contribution is 5.75. The van der Waals surface area contributed by atoms with Crippen LogP contribution in [0.4, 0.5) is 4.39 Å². The Bertz CT molecular complexity index is 367. The van der Waals surface area contributed by atoms with E-state index in [1.54, 1.807) is 0 Å². The van der Waals surface area contributed by atoms with Gasteiger partial charge in [0.05, 0.1) is 5.92 Å².